The molecule has 0 unspecified atom stereocenters. The van der Waals surface area contributed by atoms with Crippen molar-refractivity contribution in [2.24, 2.45) is 7.05 Å². The zero-order chi connectivity index (χ0) is 12.5. The van der Waals surface area contributed by atoms with Crippen molar-refractivity contribution in [3.63, 3.8) is 0 Å². The predicted molar refractivity (Wildman–Crippen MR) is 68.7 cm³/mol. The third kappa shape index (κ3) is 1.80. The Morgan fingerprint density at radius 3 is 2.94 bits per heavy atom. The van der Waals surface area contributed by atoms with Gasteiger partial charge in [-0.3, -0.25) is 4.79 Å². The van der Waals surface area contributed by atoms with Crippen LogP contribution in [0.3, 0.4) is 0 Å². The topological polar surface area (TPSA) is 60.7 Å². The number of hydrogen-bond donors (Lipinski definition) is 0. The summed E-state index contributed by atoms with van der Waals surface area (Å²) in [6.07, 6.45) is 0.247. The van der Waals surface area contributed by atoms with Gasteiger partial charge in [0.15, 0.2) is 5.78 Å². The highest BCUT2D eigenvalue weighted by Crippen LogP contribution is 2.15. The number of rotatable bonds is 3. The summed E-state index contributed by atoms with van der Waals surface area (Å²) in [6, 6.07) is 7.82. The van der Waals surface area contributed by atoms with Crippen LogP contribution in [0, 0.1) is 0 Å². The fraction of sp³-hybridized carbons (Fsp3) is 0.167. The Balaban J connectivity index is 1.96. The standard InChI is InChI=1S/C12H10N4OS/c1-16-10-5-3-2-4-8(10)13-12(16)6-11(17)9-7-18-15-14-9/h2-5,7H,6H2,1H3. The molecule has 0 fully saturated rings. The third-order valence-electron chi connectivity index (χ3n) is 2.84. The van der Waals surface area contributed by atoms with Crippen LogP contribution in [0.25, 0.3) is 11.0 Å². The summed E-state index contributed by atoms with van der Waals surface area (Å²) in [5, 5.41) is 5.44. The van der Waals surface area contributed by atoms with Gasteiger partial charge in [-0.05, 0) is 23.7 Å². The smallest absolute Gasteiger partial charge is 0.191 e. The van der Waals surface area contributed by atoms with Gasteiger partial charge in [-0.15, -0.1) is 5.10 Å². The van der Waals surface area contributed by atoms with Crippen LogP contribution < -0.4 is 0 Å². The lowest BCUT2D eigenvalue weighted by molar-refractivity contribution is 0.0985. The van der Waals surface area contributed by atoms with Crippen molar-refractivity contribution in [2.45, 2.75) is 6.42 Å². The van der Waals surface area contributed by atoms with Gasteiger partial charge < -0.3 is 4.57 Å². The van der Waals surface area contributed by atoms with Gasteiger partial charge >= 0.3 is 0 Å². The molecule has 0 spiro atoms. The molecule has 5 nitrogen and oxygen atoms in total. The van der Waals surface area contributed by atoms with E-state index in [4.69, 9.17) is 0 Å². The minimum atomic E-state index is -0.0536. The molecule has 0 aliphatic rings. The first-order chi connectivity index (χ1) is 8.75. The first-order valence-corrected chi connectivity index (χ1v) is 6.30. The molecule has 3 aromatic rings. The molecule has 6 heteroatoms. The summed E-state index contributed by atoms with van der Waals surface area (Å²) in [5.41, 5.74) is 2.34. The summed E-state index contributed by atoms with van der Waals surface area (Å²) >= 11 is 1.18. The molecule has 0 aliphatic heterocycles. The number of aryl methyl sites for hydroxylation is 1. The summed E-state index contributed by atoms with van der Waals surface area (Å²) in [5.74, 6) is 0.691. The molecule has 0 N–H and O–H groups in total. The van der Waals surface area contributed by atoms with Crippen LogP contribution in [-0.4, -0.2) is 24.9 Å². The first-order valence-electron chi connectivity index (χ1n) is 5.46. The predicted octanol–water partition coefficient (Wildman–Crippen LogP) is 1.85. The second-order valence-corrected chi connectivity index (χ2v) is 4.58. The Hall–Kier alpha value is -2.08. The largest absolute Gasteiger partial charge is 0.331 e. The van der Waals surface area contributed by atoms with Crippen molar-refractivity contribution in [3.8, 4) is 0 Å². The fourth-order valence-electron chi connectivity index (χ4n) is 1.87. The van der Waals surface area contributed by atoms with Crippen LogP contribution in [0.4, 0.5) is 0 Å². The van der Waals surface area contributed by atoms with E-state index in [0.717, 1.165) is 16.9 Å². The average molecular weight is 258 g/mol. The van der Waals surface area contributed by atoms with Crippen molar-refractivity contribution in [1.29, 1.82) is 0 Å². The molecule has 1 aromatic carbocycles. The van der Waals surface area contributed by atoms with Crippen molar-refractivity contribution >= 4 is 28.3 Å². The van der Waals surface area contributed by atoms with Crippen LogP contribution in [0.15, 0.2) is 29.6 Å². The van der Waals surface area contributed by atoms with Crippen LogP contribution in [0.2, 0.25) is 0 Å². The lowest BCUT2D eigenvalue weighted by atomic mass is 10.2. The highest BCUT2D eigenvalue weighted by molar-refractivity contribution is 7.03. The Morgan fingerprint density at radius 1 is 1.39 bits per heavy atom. The summed E-state index contributed by atoms with van der Waals surface area (Å²) in [6.45, 7) is 0. The molecule has 2 aromatic heterocycles. The summed E-state index contributed by atoms with van der Waals surface area (Å²) in [4.78, 5) is 16.4. The van der Waals surface area contributed by atoms with Gasteiger partial charge in [0.2, 0.25) is 0 Å². The molecule has 0 aliphatic carbocycles. The number of carbonyl (C=O) groups excluding carboxylic acids is 1. The van der Waals surface area contributed by atoms with E-state index in [-0.39, 0.29) is 12.2 Å². The van der Waals surface area contributed by atoms with E-state index in [2.05, 4.69) is 14.6 Å². The molecule has 0 saturated carbocycles. The maximum Gasteiger partial charge on any atom is 0.191 e. The zero-order valence-corrected chi connectivity index (χ0v) is 10.5. The number of aromatic nitrogens is 4. The number of carbonyl (C=O) groups is 1. The monoisotopic (exact) mass is 258 g/mol. The van der Waals surface area contributed by atoms with Gasteiger partial charge in [0, 0.05) is 12.4 Å². The van der Waals surface area contributed by atoms with Crippen LogP contribution in [0.5, 0.6) is 0 Å². The van der Waals surface area contributed by atoms with E-state index in [1.807, 2.05) is 35.9 Å². The Bertz CT molecular complexity index is 702. The molecule has 18 heavy (non-hydrogen) atoms. The van der Waals surface area contributed by atoms with E-state index in [9.17, 15) is 4.79 Å². The van der Waals surface area contributed by atoms with E-state index < -0.39 is 0 Å². The van der Waals surface area contributed by atoms with Gasteiger partial charge in [-0.1, -0.05) is 16.6 Å². The lowest BCUT2D eigenvalue weighted by Gasteiger charge is -1.99. The van der Waals surface area contributed by atoms with E-state index >= 15 is 0 Å². The second kappa shape index (κ2) is 4.30. The van der Waals surface area contributed by atoms with E-state index in [1.165, 1.54) is 11.5 Å². The van der Waals surface area contributed by atoms with Crippen LogP contribution in [-0.2, 0) is 13.5 Å². The maximum atomic E-state index is 12.0. The van der Waals surface area contributed by atoms with E-state index in [0.29, 0.717) is 5.69 Å². The number of fused-ring (bicyclic) bond motifs is 1. The number of para-hydroxylation sites is 2. The maximum absolute atomic E-state index is 12.0. The minimum Gasteiger partial charge on any atom is -0.331 e. The highest BCUT2D eigenvalue weighted by atomic mass is 32.1. The van der Waals surface area contributed by atoms with Gasteiger partial charge in [0.05, 0.1) is 17.5 Å². The van der Waals surface area contributed by atoms with Gasteiger partial charge in [0.1, 0.15) is 11.5 Å². The number of hydrogen-bond acceptors (Lipinski definition) is 5. The fourth-order valence-corrected chi connectivity index (χ4v) is 2.33. The minimum absolute atomic E-state index is 0.0536. The van der Waals surface area contributed by atoms with E-state index in [1.54, 1.807) is 5.38 Å². The van der Waals surface area contributed by atoms with Crippen molar-refractivity contribution in [3.05, 3.63) is 41.2 Å². The molecule has 90 valence electrons. The molecule has 0 radical (unpaired) electrons. The highest BCUT2D eigenvalue weighted by Gasteiger charge is 2.14. The number of nitrogens with zero attached hydrogens (tertiary/aromatic N) is 4. The molecular weight excluding hydrogens is 248 g/mol. The quantitative estimate of drug-likeness (QED) is 0.673. The lowest BCUT2D eigenvalue weighted by Crippen LogP contribution is -2.08. The third-order valence-corrected chi connectivity index (χ3v) is 3.35. The Morgan fingerprint density at radius 2 is 2.22 bits per heavy atom. The molecular formula is C12H10N4OS. The molecule has 0 amide bonds. The summed E-state index contributed by atoms with van der Waals surface area (Å²) < 4.78 is 5.63. The van der Waals surface area contributed by atoms with Gasteiger partial charge in [0.25, 0.3) is 0 Å². The summed E-state index contributed by atoms with van der Waals surface area (Å²) in [7, 11) is 1.91. The van der Waals surface area contributed by atoms with Crippen molar-refractivity contribution in [2.75, 3.05) is 0 Å². The van der Waals surface area contributed by atoms with Crippen LogP contribution in [0.1, 0.15) is 16.3 Å². The molecule has 3 rings (SSSR count). The average Bonchev–Trinajstić information content (AvgIpc) is 3.00. The first kappa shape index (κ1) is 11.0. The van der Waals surface area contributed by atoms with Crippen LogP contribution >= 0.6 is 11.5 Å². The molecule has 0 atom stereocenters. The number of imidazole rings is 1. The normalized spacial score (nSPS) is 10.9. The molecule has 0 bridgehead atoms. The van der Waals surface area contributed by atoms with Crippen molar-refractivity contribution < 1.29 is 4.79 Å². The number of ketones is 1. The van der Waals surface area contributed by atoms with Gasteiger partial charge in [-0.2, -0.15) is 0 Å². The second-order valence-electron chi connectivity index (χ2n) is 3.97. The SMILES string of the molecule is Cn1c(CC(=O)c2csnn2)nc2ccccc21. The number of Topliss-reactive ketones (excluding diaryl/α,β-unsaturated/α-hetero) is 1. The van der Waals surface area contributed by atoms with Gasteiger partial charge in [-0.25, -0.2) is 4.98 Å². The van der Waals surface area contributed by atoms with Crippen molar-refractivity contribution in [1.82, 2.24) is 19.1 Å². The molecule has 2 heterocycles. The Labute approximate surface area is 107 Å². The zero-order valence-electron chi connectivity index (χ0n) is 9.70. The Kier molecular flexibility index (Phi) is 2.64. The molecule has 0 saturated heterocycles. The number of benzene rings is 1.